The molecule has 34 heavy (non-hydrogen) atoms. The minimum atomic E-state index is -0.889. The molecular weight excluding hydrogens is 430 g/mol. The van der Waals surface area contributed by atoms with Gasteiger partial charge in [-0.1, -0.05) is 42.0 Å². The predicted molar refractivity (Wildman–Crippen MR) is 131 cm³/mol. The van der Waals surface area contributed by atoms with Gasteiger partial charge in [-0.3, -0.25) is 9.59 Å². The molecule has 0 saturated heterocycles. The van der Waals surface area contributed by atoms with E-state index < -0.39 is 11.8 Å². The van der Waals surface area contributed by atoms with Gasteiger partial charge in [0.1, 0.15) is 11.4 Å². The zero-order chi connectivity index (χ0) is 23.9. The maximum absolute atomic E-state index is 12.2. The van der Waals surface area contributed by atoms with Crippen LogP contribution in [0.4, 0.5) is 5.69 Å². The number of amides is 2. The summed E-state index contributed by atoms with van der Waals surface area (Å²) in [4.78, 5) is 24.4. The summed E-state index contributed by atoms with van der Waals surface area (Å²) in [5.41, 5.74) is 7.03. The third kappa shape index (κ3) is 5.36. The smallest absolute Gasteiger partial charge is 0.329 e. The molecule has 3 aromatic carbocycles. The van der Waals surface area contributed by atoms with Crippen molar-refractivity contribution < 1.29 is 14.3 Å². The first-order valence-electron chi connectivity index (χ1n) is 10.5. The van der Waals surface area contributed by atoms with Gasteiger partial charge in [-0.15, -0.1) is 0 Å². The molecular formula is C26H23N5O3. The Labute approximate surface area is 196 Å². The monoisotopic (exact) mass is 453 g/mol. The molecule has 0 fully saturated rings. The summed E-state index contributed by atoms with van der Waals surface area (Å²) in [5.74, 6) is -1.08. The van der Waals surface area contributed by atoms with E-state index in [9.17, 15) is 9.59 Å². The molecule has 0 atom stereocenters. The fourth-order valence-electron chi connectivity index (χ4n) is 3.28. The van der Waals surface area contributed by atoms with Gasteiger partial charge in [0.25, 0.3) is 0 Å². The Morgan fingerprint density at radius 3 is 2.44 bits per heavy atom. The summed E-state index contributed by atoms with van der Waals surface area (Å²) in [6.45, 7) is 2.01. The van der Waals surface area contributed by atoms with Crippen LogP contribution < -0.4 is 15.5 Å². The van der Waals surface area contributed by atoms with E-state index in [2.05, 4.69) is 15.8 Å². The van der Waals surface area contributed by atoms with Crippen LogP contribution in [0.2, 0.25) is 0 Å². The number of hydrogen-bond donors (Lipinski definition) is 2. The largest absolute Gasteiger partial charge is 0.497 e. The number of aryl methyl sites for hydroxylation is 1. The second-order valence-electron chi connectivity index (χ2n) is 7.46. The standard InChI is InChI=1S/C26H23N5O3/c1-18-7-6-8-19(15-18)24-20(17-31(30-24)22-9-4-3-5-10-22)16-27-29-26(33)25(32)28-21-11-13-23(34-2)14-12-21/h3-17H,1-2H3,(H,28,32)(H,29,33)/b27-16-. The fourth-order valence-corrected chi connectivity index (χ4v) is 3.28. The minimum absolute atomic E-state index is 0.468. The van der Waals surface area contributed by atoms with Crippen LogP contribution in [0.25, 0.3) is 16.9 Å². The Kier molecular flexibility index (Phi) is 6.78. The lowest BCUT2D eigenvalue weighted by Gasteiger charge is -2.05. The Morgan fingerprint density at radius 2 is 1.74 bits per heavy atom. The van der Waals surface area contributed by atoms with Crippen LogP contribution in [0, 0.1) is 6.92 Å². The number of carbonyl (C=O) groups excluding carboxylic acids is 2. The molecule has 4 rings (SSSR count). The van der Waals surface area contributed by atoms with Gasteiger partial charge in [-0.25, -0.2) is 10.1 Å². The zero-order valence-electron chi connectivity index (χ0n) is 18.7. The van der Waals surface area contributed by atoms with Crippen molar-refractivity contribution in [2.75, 3.05) is 12.4 Å². The highest BCUT2D eigenvalue weighted by Gasteiger charge is 2.14. The number of rotatable bonds is 6. The molecule has 0 unspecified atom stereocenters. The molecule has 8 heteroatoms. The van der Waals surface area contributed by atoms with E-state index in [1.54, 1.807) is 36.1 Å². The average molecular weight is 454 g/mol. The first-order chi connectivity index (χ1) is 16.5. The van der Waals surface area contributed by atoms with Crippen molar-refractivity contribution in [3.05, 3.63) is 96.2 Å². The topological polar surface area (TPSA) is 97.6 Å². The number of hydrogen-bond acceptors (Lipinski definition) is 5. The number of nitrogens with zero attached hydrogens (tertiary/aromatic N) is 3. The quantitative estimate of drug-likeness (QED) is 0.262. The molecule has 4 aromatic rings. The molecule has 2 N–H and O–H groups in total. The van der Waals surface area contributed by atoms with Crippen molar-refractivity contribution in [2.24, 2.45) is 5.10 Å². The molecule has 0 spiro atoms. The number of anilines is 1. The number of para-hydroxylation sites is 1. The summed E-state index contributed by atoms with van der Waals surface area (Å²) in [6.07, 6.45) is 3.29. The van der Waals surface area contributed by atoms with Crippen LogP contribution >= 0.6 is 0 Å². The summed E-state index contributed by atoms with van der Waals surface area (Å²) < 4.78 is 6.82. The van der Waals surface area contributed by atoms with Gasteiger partial charge < -0.3 is 10.1 Å². The fraction of sp³-hybridized carbons (Fsp3) is 0.0769. The average Bonchev–Trinajstić information content (AvgIpc) is 3.29. The van der Waals surface area contributed by atoms with Gasteiger partial charge in [-0.05, 0) is 49.4 Å². The highest BCUT2D eigenvalue weighted by Crippen LogP contribution is 2.23. The summed E-state index contributed by atoms with van der Waals surface area (Å²) in [5, 5.41) is 11.2. The van der Waals surface area contributed by atoms with Crippen molar-refractivity contribution in [3.8, 4) is 22.7 Å². The predicted octanol–water partition coefficient (Wildman–Crippen LogP) is 3.95. The molecule has 0 aliphatic rings. The Bertz CT molecular complexity index is 1330. The van der Waals surface area contributed by atoms with Crippen LogP contribution in [0.1, 0.15) is 11.1 Å². The number of ether oxygens (including phenoxy) is 1. The maximum Gasteiger partial charge on any atom is 0.329 e. The van der Waals surface area contributed by atoms with Gasteiger partial charge in [-0.2, -0.15) is 10.2 Å². The molecule has 0 bridgehead atoms. The first-order valence-corrected chi connectivity index (χ1v) is 10.5. The van der Waals surface area contributed by atoms with Crippen molar-refractivity contribution in [2.45, 2.75) is 6.92 Å². The van der Waals surface area contributed by atoms with E-state index in [1.807, 2.05) is 67.7 Å². The van der Waals surface area contributed by atoms with E-state index in [1.165, 1.54) is 6.21 Å². The third-order valence-corrected chi connectivity index (χ3v) is 4.98. The molecule has 2 amide bonds. The van der Waals surface area contributed by atoms with E-state index in [4.69, 9.17) is 9.84 Å². The van der Waals surface area contributed by atoms with Crippen LogP contribution in [0.5, 0.6) is 5.75 Å². The number of methoxy groups -OCH3 is 1. The lowest BCUT2D eigenvalue weighted by Crippen LogP contribution is -2.32. The molecule has 1 aromatic heterocycles. The molecule has 170 valence electrons. The number of nitrogens with one attached hydrogen (secondary N) is 2. The van der Waals surface area contributed by atoms with Gasteiger partial charge in [0.15, 0.2) is 0 Å². The van der Waals surface area contributed by atoms with Gasteiger partial charge in [0.05, 0.1) is 19.0 Å². The minimum Gasteiger partial charge on any atom is -0.497 e. The maximum atomic E-state index is 12.2. The van der Waals surface area contributed by atoms with E-state index in [-0.39, 0.29) is 0 Å². The van der Waals surface area contributed by atoms with Crippen LogP contribution in [0.3, 0.4) is 0 Å². The van der Waals surface area contributed by atoms with Gasteiger partial charge in [0.2, 0.25) is 0 Å². The highest BCUT2D eigenvalue weighted by molar-refractivity contribution is 6.39. The molecule has 0 saturated carbocycles. The number of benzene rings is 3. The lowest BCUT2D eigenvalue weighted by molar-refractivity contribution is -0.136. The number of carbonyl (C=O) groups is 2. The van der Waals surface area contributed by atoms with E-state index >= 15 is 0 Å². The van der Waals surface area contributed by atoms with Crippen LogP contribution in [0.15, 0.2) is 90.2 Å². The van der Waals surface area contributed by atoms with E-state index in [0.29, 0.717) is 22.7 Å². The van der Waals surface area contributed by atoms with Crippen LogP contribution in [-0.4, -0.2) is 34.9 Å². The van der Waals surface area contributed by atoms with Crippen molar-refractivity contribution in [1.82, 2.24) is 15.2 Å². The molecule has 0 radical (unpaired) electrons. The lowest BCUT2D eigenvalue weighted by atomic mass is 10.1. The summed E-state index contributed by atoms with van der Waals surface area (Å²) in [7, 11) is 1.55. The Morgan fingerprint density at radius 1 is 0.971 bits per heavy atom. The van der Waals surface area contributed by atoms with Crippen LogP contribution in [-0.2, 0) is 9.59 Å². The molecule has 0 aliphatic heterocycles. The third-order valence-electron chi connectivity index (χ3n) is 4.98. The Balaban J connectivity index is 1.51. The summed E-state index contributed by atoms with van der Waals surface area (Å²) >= 11 is 0. The second kappa shape index (κ2) is 10.3. The van der Waals surface area contributed by atoms with Crippen molar-refractivity contribution in [3.63, 3.8) is 0 Å². The van der Waals surface area contributed by atoms with Crippen molar-refractivity contribution >= 4 is 23.7 Å². The summed E-state index contributed by atoms with van der Waals surface area (Å²) in [6, 6.07) is 24.3. The number of aromatic nitrogens is 2. The number of hydrazone groups is 1. The van der Waals surface area contributed by atoms with E-state index in [0.717, 1.165) is 16.8 Å². The van der Waals surface area contributed by atoms with Crippen molar-refractivity contribution in [1.29, 1.82) is 0 Å². The zero-order valence-corrected chi connectivity index (χ0v) is 18.7. The molecule has 0 aliphatic carbocycles. The molecule has 1 heterocycles. The van der Waals surface area contributed by atoms with Gasteiger partial charge >= 0.3 is 11.8 Å². The Hall–Kier alpha value is -4.72. The first kappa shape index (κ1) is 22.5. The highest BCUT2D eigenvalue weighted by atomic mass is 16.5. The SMILES string of the molecule is COc1ccc(NC(=O)C(=O)N/N=C\c2cn(-c3ccccc3)nc2-c2cccc(C)c2)cc1. The second-order valence-corrected chi connectivity index (χ2v) is 7.46. The normalized spacial score (nSPS) is 10.8. The molecule has 8 nitrogen and oxygen atoms in total. The van der Waals surface area contributed by atoms with Gasteiger partial charge in [0, 0.05) is 23.0 Å².